The molecule has 128 valence electrons. The van der Waals surface area contributed by atoms with Crippen molar-refractivity contribution >= 4 is 28.2 Å². The van der Waals surface area contributed by atoms with Crippen LogP contribution in [0.2, 0.25) is 5.15 Å². The van der Waals surface area contributed by atoms with Gasteiger partial charge in [0.2, 0.25) is 0 Å². The Morgan fingerprint density at radius 1 is 1.24 bits per heavy atom. The smallest absolute Gasteiger partial charge is 0.154 e. The lowest BCUT2D eigenvalue weighted by Gasteiger charge is -2.24. The van der Waals surface area contributed by atoms with Gasteiger partial charge in [-0.3, -0.25) is 4.68 Å². The molecule has 4 aromatic rings. The van der Waals surface area contributed by atoms with Crippen LogP contribution in [0.3, 0.4) is 0 Å². The van der Waals surface area contributed by atoms with Crippen molar-refractivity contribution in [3.05, 3.63) is 58.6 Å². The molecule has 0 saturated heterocycles. The summed E-state index contributed by atoms with van der Waals surface area (Å²) in [6, 6.07) is 4.26. The van der Waals surface area contributed by atoms with Crippen LogP contribution in [0.4, 0.5) is 8.78 Å². The van der Waals surface area contributed by atoms with Crippen LogP contribution in [0.1, 0.15) is 18.2 Å². The Balaban J connectivity index is 2.01. The number of fused-ring (bicyclic) bond motifs is 2. The molecular weight excluding hydrogens is 352 g/mol. The summed E-state index contributed by atoms with van der Waals surface area (Å²) in [5.41, 5.74) is -1.77. The molecule has 0 bridgehead atoms. The van der Waals surface area contributed by atoms with Gasteiger partial charge in [0.25, 0.3) is 0 Å². The summed E-state index contributed by atoms with van der Waals surface area (Å²) in [6.45, 7) is 1.28. The SMILES string of the molecule is Cn1ncc2c(F)c(C(C)(O)c3cnc4ccc(Cl)nn34)c(F)cc21. The van der Waals surface area contributed by atoms with Crippen molar-refractivity contribution in [2.45, 2.75) is 12.5 Å². The van der Waals surface area contributed by atoms with Gasteiger partial charge in [-0.1, -0.05) is 11.6 Å². The van der Waals surface area contributed by atoms with E-state index in [0.717, 1.165) is 6.07 Å². The number of aromatic nitrogens is 5. The number of hydrogen-bond donors (Lipinski definition) is 1. The fourth-order valence-corrected chi connectivity index (χ4v) is 3.11. The number of hydrogen-bond acceptors (Lipinski definition) is 4. The number of imidazole rings is 1. The quantitative estimate of drug-likeness (QED) is 0.594. The fourth-order valence-electron chi connectivity index (χ4n) is 2.98. The minimum atomic E-state index is -2.03. The predicted octanol–water partition coefficient (Wildman–Crippen LogP) is 2.80. The first kappa shape index (κ1) is 15.9. The van der Waals surface area contributed by atoms with Crippen LogP contribution in [-0.4, -0.2) is 29.5 Å². The molecule has 0 aliphatic carbocycles. The van der Waals surface area contributed by atoms with Crippen molar-refractivity contribution in [1.82, 2.24) is 24.4 Å². The molecule has 4 rings (SSSR count). The lowest BCUT2D eigenvalue weighted by molar-refractivity contribution is 0.0871. The van der Waals surface area contributed by atoms with Gasteiger partial charge in [-0.25, -0.2) is 18.3 Å². The molecule has 9 heteroatoms. The number of rotatable bonds is 2. The van der Waals surface area contributed by atoms with Gasteiger partial charge in [0.15, 0.2) is 5.65 Å². The van der Waals surface area contributed by atoms with Gasteiger partial charge >= 0.3 is 0 Å². The Labute approximate surface area is 145 Å². The standard InChI is InChI=1S/C16H12ClF2N5O/c1-16(25,11-7-20-13-4-3-12(17)22-24(11)13)14-9(18)5-10-8(15(14)19)6-21-23(10)2/h3-7,25H,1-2H3. The highest BCUT2D eigenvalue weighted by Gasteiger charge is 2.37. The van der Waals surface area contributed by atoms with E-state index < -0.39 is 22.8 Å². The molecule has 0 aliphatic rings. The Hall–Kier alpha value is -2.58. The second-order valence-electron chi connectivity index (χ2n) is 5.89. The van der Waals surface area contributed by atoms with Crippen LogP contribution in [0.5, 0.6) is 0 Å². The van der Waals surface area contributed by atoms with Gasteiger partial charge in [-0.15, -0.1) is 0 Å². The summed E-state index contributed by atoms with van der Waals surface area (Å²) in [4.78, 5) is 4.10. The van der Waals surface area contributed by atoms with Crippen LogP contribution in [0, 0.1) is 11.6 Å². The average Bonchev–Trinajstić information content (AvgIpc) is 3.11. The highest BCUT2D eigenvalue weighted by Crippen LogP contribution is 2.36. The van der Waals surface area contributed by atoms with Gasteiger partial charge in [0.1, 0.15) is 22.4 Å². The first-order valence-corrected chi connectivity index (χ1v) is 7.72. The van der Waals surface area contributed by atoms with Crippen molar-refractivity contribution in [2.75, 3.05) is 0 Å². The molecule has 0 amide bonds. The van der Waals surface area contributed by atoms with E-state index in [1.807, 2.05) is 0 Å². The molecule has 0 saturated carbocycles. The van der Waals surface area contributed by atoms with Gasteiger partial charge in [-0.05, 0) is 19.1 Å². The zero-order chi connectivity index (χ0) is 17.9. The van der Waals surface area contributed by atoms with Gasteiger partial charge in [0.05, 0.1) is 34.6 Å². The lowest BCUT2D eigenvalue weighted by Crippen LogP contribution is -2.28. The van der Waals surface area contributed by atoms with E-state index in [0.29, 0.717) is 5.65 Å². The molecule has 25 heavy (non-hydrogen) atoms. The van der Waals surface area contributed by atoms with Crippen LogP contribution >= 0.6 is 11.6 Å². The molecule has 3 heterocycles. The zero-order valence-electron chi connectivity index (χ0n) is 13.2. The van der Waals surface area contributed by atoms with Crippen LogP contribution < -0.4 is 0 Å². The monoisotopic (exact) mass is 363 g/mol. The van der Waals surface area contributed by atoms with Gasteiger partial charge in [-0.2, -0.15) is 10.2 Å². The summed E-state index contributed by atoms with van der Waals surface area (Å²) >= 11 is 5.89. The summed E-state index contributed by atoms with van der Waals surface area (Å²) in [7, 11) is 1.58. The topological polar surface area (TPSA) is 68.2 Å². The van der Waals surface area contributed by atoms with Crippen molar-refractivity contribution < 1.29 is 13.9 Å². The van der Waals surface area contributed by atoms with E-state index in [4.69, 9.17) is 11.6 Å². The number of halogens is 3. The van der Waals surface area contributed by atoms with Gasteiger partial charge in [0, 0.05) is 13.1 Å². The minimum absolute atomic E-state index is 0.0889. The number of nitrogens with zero attached hydrogens (tertiary/aromatic N) is 5. The second-order valence-corrected chi connectivity index (χ2v) is 6.28. The summed E-state index contributed by atoms with van der Waals surface area (Å²) < 4.78 is 32.3. The number of aryl methyl sites for hydroxylation is 1. The van der Waals surface area contributed by atoms with Crippen molar-refractivity contribution in [3.8, 4) is 0 Å². The van der Waals surface area contributed by atoms with Crippen LogP contribution in [0.15, 0.2) is 30.6 Å². The zero-order valence-corrected chi connectivity index (χ0v) is 14.0. The average molecular weight is 364 g/mol. The lowest BCUT2D eigenvalue weighted by atomic mass is 9.91. The fraction of sp³-hybridized carbons (Fsp3) is 0.188. The largest absolute Gasteiger partial charge is 0.379 e. The Morgan fingerprint density at radius 3 is 2.76 bits per heavy atom. The first-order valence-electron chi connectivity index (χ1n) is 7.34. The highest BCUT2D eigenvalue weighted by molar-refractivity contribution is 6.29. The summed E-state index contributed by atoms with van der Waals surface area (Å²) in [6.07, 6.45) is 2.60. The maximum Gasteiger partial charge on any atom is 0.154 e. The Kier molecular flexibility index (Phi) is 3.32. The molecule has 1 unspecified atom stereocenters. The molecule has 0 aliphatic heterocycles. The van der Waals surface area contributed by atoms with Crippen molar-refractivity contribution in [1.29, 1.82) is 0 Å². The molecule has 3 aromatic heterocycles. The third kappa shape index (κ3) is 2.21. The van der Waals surface area contributed by atoms with E-state index in [1.165, 1.54) is 34.6 Å². The van der Waals surface area contributed by atoms with E-state index in [1.54, 1.807) is 13.1 Å². The molecule has 1 atom stereocenters. The highest BCUT2D eigenvalue weighted by atomic mass is 35.5. The molecular formula is C16H12ClF2N5O. The van der Waals surface area contributed by atoms with E-state index in [9.17, 15) is 13.9 Å². The van der Waals surface area contributed by atoms with Crippen molar-refractivity contribution in [2.24, 2.45) is 7.05 Å². The Morgan fingerprint density at radius 2 is 2.00 bits per heavy atom. The van der Waals surface area contributed by atoms with E-state index in [-0.39, 0.29) is 21.7 Å². The minimum Gasteiger partial charge on any atom is -0.379 e. The van der Waals surface area contributed by atoms with E-state index >= 15 is 0 Å². The summed E-state index contributed by atoms with van der Waals surface area (Å²) in [5.74, 6) is -1.78. The number of benzene rings is 1. The van der Waals surface area contributed by atoms with Crippen LogP contribution in [-0.2, 0) is 12.6 Å². The molecule has 1 aromatic carbocycles. The molecule has 1 N–H and O–H groups in total. The molecule has 6 nitrogen and oxygen atoms in total. The maximum atomic E-state index is 15.0. The third-order valence-corrected chi connectivity index (χ3v) is 4.46. The van der Waals surface area contributed by atoms with Gasteiger partial charge < -0.3 is 5.11 Å². The normalized spacial score (nSPS) is 14.3. The van der Waals surface area contributed by atoms with Crippen LogP contribution in [0.25, 0.3) is 16.6 Å². The predicted molar refractivity (Wildman–Crippen MR) is 87.3 cm³/mol. The maximum absolute atomic E-state index is 15.0. The molecule has 0 fully saturated rings. The summed E-state index contributed by atoms with van der Waals surface area (Å²) in [5, 5.41) is 19.3. The number of aliphatic hydroxyl groups is 1. The third-order valence-electron chi connectivity index (χ3n) is 4.26. The molecule has 0 spiro atoms. The first-order chi connectivity index (χ1) is 11.8. The second kappa shape index (κ2) is 5.21. The van der Waals surface area contributed by atoms with E-state index in [2.05, 4.69) is 15.2 Å². The van der Waals surface area contributed by atoms with Crippen molar-refractivity contribution in [3.63, 3.8) is 0 Å². The Bertz CT molecular complexity index is 1130. The molecule has 0 radical (unpaired) electrons.